The van der Waals surface area contributed by atoms with E-state index in [1.165, 1.54) is 4.90 Å². The quantitative estimate of drug-likeness (QED) is 0.578. The van der Waals surface area contributed by atoms with Crippen LogP contribution in [-0.4, -0.2) is 17.9 Å². The number of rotatable bonds is 3. The van der Waals surface area contributed by atoms with Gasteiger partial charge in [-0.25, -0.2) is 9.96 Å². The van der Waals surface area contributed by atoms with Crippen LogP contribution in [0.25, 0.3) is 0 Å². The minimum absolute atomic E-state index is 0.304. The molecule has 5 nitrogen and oxygen atoms in total. The first-order valence-electron chi connectivity index (χ1n) is 9.76. The van der Waals surface area contributed by atoms with E-state index in [1.54, 1.807) is 29.3 Å². The molecule has 0 bridgehead atoms. The maximum atomic E-state index is 13.5. The molecule has 2 aliphatic rings. The average molecular weight is 419 g/mol. The molecule has 0 aromatic heterocycles. The van der Waals surface area contributed by atoms with Gasteiger partial charge in [-0.1, -0.05) is 71.8 Å². The summed E-state index contributed by atoms with van der Waals surface area (Å²) >= 11 is 6.29. The first-order chi connectivity index (χ1) is 14.6. The number of hydrogen-bond donors (Lipinski definition) is 0. The molecule has 3 atom stereocenters. The molecule has 0 unspecified atom stereocenters. The summed E-state index contributed by atoms with van der Waals surface area (Å²) in [4.78, 5) is 34.1. The van der Waals surface area contributed by atoms with Gasteiger partial charge in [0.25, 0.3) is 5.91 Å². The molecular formula is C24H19ClN2O3. The summed E-state index contributed by atoms with van der Waals surface area (Å²) in [5.74, 6) is -1.37. The van der Waals surface area contributed by atoms with E-state index in [-0.39, 0.29) is 5.91 Å². The van der Waals surface area contributed by atoms with Crippen molar-refractivity contribution < 1.29 is 14.4 Å². The van der Waals surface area contributed by atoms with Gasteiger partial charge in [0.2, 0.25) is 5.91 Å². The van der Waals surface area contributed by atoms with Gasteiger partial charge in [-0.3, -0.25) is 14.4 Å². The molecule has 0 saturated carbocycles. The second-order valence-corrected chi connectivity index (χ2v) is 7.94. The van der Waals surface area contributed by atoms with Crippen molar-refractivity contribution in [2.75, 3.05) is 9.96 Å². The number of hydrogen-bond acceptors (Lipinski definition) is 4. The molecule has 5 rings (SSSR count). The van der Waals surface area contributed by atoms with Gasteiger partial charge in [0, 0.05) is 0 Å². The standard InChI is InChI=1S/C24H19ClN2O3/c1-15-11-13-16(14-12-15)21-20-22(30-27(21)17-7-3-2-4-8-17)24(29)26(23(20)28)19-10-6-5-9-18(19)25/h2-14,20-22H,1H3/t20-,21-,22-/m0/s1. The van der Waals surface area contributed by atoms with E-state index < -0.39 is 24.0 Å². The molecule has 3 aromatic carbocycles. The lowest BCUT2D eigenvalue weighted by molar-refractivity contribution is -0.126. The Hall–Kier alpha value is -3.15. The Labute approximate surface area is 179 Å². The number of carbonyl (C=O) groups excluding carboxylic acids is 2. The van der Waals surface area contributed by atoms with Gasteiger partial charge in [-0.05, 0) is 36.8 Å². The van der Waals surface area contributed by atoms with E-state index in [9.17, 15) is 9.59 Å². The number of benzene rings is 3. The van der Waals surface area contributed by atoms with Crippen LogP contribution in [0.4, 0.5) is 11.4 Å². The second kappa shape index (κ2) is 7.27. The summed E-state index contributed by atoms with van der Waals surface area (Å²) < 4.78 is 0. The molecule has 0 N–H and O–H groups in total. The molecule has 0 spiro atoms. The maximum Gasteiger partial charge on any atom is 0.266 e. The number of aryl methyl sites for hydroxylation is 1. The van der Waals surface area contributed by atoms with Crippen LogP contribution in [0.1, 0.15) is 17.2 Å². The number of nitrogens with zero attached hydrogens (tertiary/aromatic N) is 2. The molecule has 2 saturated heterocycles. The predicted molar refractivity (Wildman–Crippen MR) is 115 cm³/mol. The van der Waals surface area contributed by atoms with Gasteiger partial charge < -0.3 is 0 Å². The van der Waals surface area contributed by atoms with E-state index in [0.717, 1.165) is 16.8 Å². The summed E-state index contributed by atoms with van der Waals surface area (Å²) in [5.41, 5.74) is 3.22. The van der Waals surface area contributed by atoms with Crippen molar-refractivity contribution in [3.05, 3.63) is 95.0 Å². The molecule has 3 aromatic rings. The normalized spacial score (nSPS) is 23.2. The Morgan fingerprint density at radius 3 is 2.20 bits per heavy atom. The Morgan fingerprint density at radius 2 is 1.50 bits per heavy atom. The Bertz CT molecular complexity index is 1120. The zero-order chi connectivity index (χ0) is 20.8. The highest BCUT2D eigenvalue weighted by Gasteiger charge is 2.60. The third kappa shape index (κ3) is 2.90. The lowest BCUT2D eigenvalue weighted by atomic mass is 9.90. The molecule has 2 aliphatic heterocycles. The Morgan fingerprint density at radius 1 is 0.833 bits per heavy atom. The first-order valence-corrected chi connectivity index (χ1v) is 10.1. The number of halogens is 1. The van der Waals surface area contributed by atoms with Crippen LogP contribution in [0.15, 0.2) is 78.9 Å². The molecule has 0 aliphatic carbocycles. The molecule has 6 heteroatoms. The van der Waals surface area contributed by atoms with E-state index in [4.69, 9.17) is 16.4 Å². The fourth-order valence-corrected chi connectivity index (χ4v) is 4.41. The second-order valence-electron chi connectivity index (χ2n) is 7.53. The smallest absolute Gasteiger partial charge is 0.266 e. The number of imide groups is 1. The maximum absolute atomic E-state index is 13.5. The largest absolute Gasteiger partial charge is 0.273 e. The summed E-state index contributed by atoms with van der Waals surface area (Å²) in [6, 6.07) is 23.9. The molecule has 2 heterocycles. The van der Waals surface area contributed by atoms with Crippen LogP contribution < -0.4 is 9.96 Å². The van der Waals surface area contributed by atoms with Gasteiger partial charge in [0.05, 0.1) is 22.4 Å². The Kier molecular flexibility index (Phi) is 4.57. The third-order valence-corrected chi connectivity index (χ3v) is 5.96. The van der Waals surface area contributed by atoms with Crippen LogP contribution >= 0.6 is 11.6 Å². The molecule has 150 valence electrons. The van der Waals surface area contributed by atoms with E-state index in [0.29, 0.717) is 10.7 Å². The zero-order valence-corrected chi connectivity index (χ0v) is 17.0. The van der Waals surface area contributed by atoms with Crippen molar-refractivity contribution in [1.82, 2.24) is 0 Å². The molecule has 2 fully saturated rings. The van der Waals surface area contributed by atoms with E-state index in [1.807, 2.05) is 61.5 Å². The zero-order valence-electron chi connectivity index (χ0n) is 16.2. The topological polar surface area (TPSA) is 49.9 Å². The van der Waals surface area contributed by atoms with Gasteiger partial charge >= 0.3 is 0 Å². The number of carbonyl (C=O) groups is 2. The number of amides is 2. The van der Waals surface area contributed by atoms with Crippen molar-refractivity contribution in [3.8, 4) is 0 Å². The third-order valence-electron chi connectivity index (χ3n) is 5.64. The number of para-hydroxylation sites is 2. The number of anilines is 2. The summed E-state index contributed by atoms with van der Waals surface area (Å²) in [5, 5.41) is 2.05. The van der Waals surface area contributed by atoms with Crippen LogP contribution in [-0.2, 0) is 14.4 Å². The average Bonchev–Trinajstić information content (AvgIpc) is 3.26. The summed E-state index contributed by atoms with van der Waals surface area (Å²) in [6.45, 7) is 2.01. The summed E-state index contributed by atoms with van der Waals surface area (Å²) in [6.07, 6.45) is -0.903. The fraction of sp³-hybridized carbons (Fsp3) is 0.167. The van der Waals surface area contributed by atoms with Crippen molar-refractivity contribution in [3.63, 3.8) is 0 Å². The van der Waals surface area contributed by atoms with Crippen LogP contribution in [0.2, 0.25) is 5.02 Å². The number of hydroxylamine groups is 1. The van der Waals surface area contributed by atoms with E-state index >= 15 is 0 Å². The van der Waals surface area contributed by atoms with E-state index in [2.05, 4.69) is 0 Å². The highest BCUT2D eigenvalue weighted by molar-refractivity contribution is 6.36. The molecule has 30 heavy (non-hydrogen) atoms. The lowest BCUT2D eigenvalue weighted by Gasteiger charge is -2.29. The minimum Gasteiger partial charge on any atom is -0.273 e. The van der Waals surface area contributed by atoms with Gasteiger partial charge in [-0.2, -0.15) is 0 Å². The van der Waals surface area contributed by atoms with Gasteiger partial charge in [0.1, 0.15) is 5.92 Å². The molecule has 2 amide bonds. The first kappa shape index (κ1) is 18.9. The van der Waals surface area contributed by atoms with Crippen LogP contribution in [0.3, 0.4) is 0 Å². The fourth-order valence-electron chi connectivity index (χ4n) is 4.19. The van der Waals surface area contributed by atoms with Crippen molar-refractivity contribution in [1.29, 1.82) is 0 Å². The summed E-state index contributed by atoms with van der Waals surface area (Å²) in [7, 11) is 0. The van der Waals surface area contributed by atoms with Gasteiger partial charge in [0.15, 0.2) is 6.10 Å². The lowest BCUT2D eigenvalue weighted by Crippen LogP contribution is -2.37. The van der Waals surface area contributed by atoms with Crippen molar-refractivity contribution in [2.45, 2.75) is 19.1 Å². The molecular weight excluding hydrogens is 400 g/mol. The van der Waals surface area contributed by atoms with Gasteiger partial charge in [-0.15, -0.1) is 0 Å². The van der Waals surface area contributed by atoms with Crippen LogP contribution in [0.5, 0.6) is 0 Å². The molecule has 0 radical (unpaired) electrons. The van der Waals surface area contributed by atoms with Crippen molar-refractivity contribution in [2.24, 2.45) is 5.92 Å². The number of fused-ring (bicyclic) bond motifs is 1. The SMILES string of the molecule is Cc1ccc([C@H]2[C@@H]3C(=O)N(c4ccccc4Cl)C(=O)[C@H]3ON2c2ccccc2)cc1. The monoisotopic (exact) mass is 418 g/mol. The highest BCUT2D eigenvalue weighted by Crippen LogP contribution is 2.48. The van der Waals surface area contributed by atoms with Crippen LogP contribution in [0, 0.1) is 12.8 Å². The Balaban J connectivity index is 1.60. The minimum atomic E-state index is -0.903. The highest BCUT2D eigenvalue weighted by atomic mass is 35.5. The predicted octanol–water partition coefficient (Wildman–Crippen LogP) is 4.70. The van der Waals surface area contributed by atoms with Crippen molar-refractivity contribution >= 4 is 34.8 Å².